The Labute approximate surface area is 204 Å². The molecule has 0 saturated carbocycles. The molecule has 4 rings (SSSR count). The minimum Gasteiger partial charge on any atom is -0.507 e. The summed E-state index contributed by atoms with van der Waals surface area (Å²) in [5.41, 5.74) is 2.50. The molecule has 1 heterocycles. The Kier molecular flexibility index (Phi) is 6.78. The lowest BCUT2D eigenvalue weighted by atomic mass is 9.94. The number of hydrogen-bond acceptors (Lipinski definition) is 6. The number of carbonyl (C=O) groups is 2. The second-order valence-electron chi connectivity index (χ2n) is 8.04. The first-order chi connectivity index (χ1) is 16.9. The first-order valence-corrected chi connectivity index (χ1v) is 11.2. The van der Waals surface area contributed by atoms with Gasteiger partial charge in [-0.3, -0.25) is 14.5 Å². The Balaban J connectivity index is 1.98. The standard InChI is InChI=1S/C28H27NO6/c1-5-17-10-12-18(13-11-17)25-24(26(30)22-8-6-7-9-23(22)35-4)27(31)28(32)29(25)19-14-20(33-2)16-21(15-19)34-3/h6-16,25,30H,5H2,1-4H3/b26-24+. The molecule has 1 fully saturated rings. The Morgan fingerprint density at radius 1 is 0.886 bits per heavy atom. The quantitative estimate of drug-likeness (QED) is 0.298. The van der Waals surface area contributed by atoms with Gasteiger partial charge >= 0.3 is 0 Å². The van der Waals surface area contributed by atoms with Crippen molar-refractivity contribution in [1.82, 2.24) is 0 Å². The first-order valence-electron chi connectivity index (χ1n) is 11.2. The maximum absolute atomic E-state index is 13.4. The van der Waals surface area contributed by atoms with Crippen molar-refractivity contribution in [2.24, 2.45) is 0 Å². The van der Waals surface area contributed by atoms with Crippen LogP contribution in [0.5, 0.6) is 17.2 Å². The van der Waals surface area contributed by atoms with E-state index in [9.17, 15) is 14.7 Å². The number of rotatable bonds is 7. The Morgan fingerprint density at radius 2 is 1.51 bits per heavy atom. The molecular weight excluding hydrogens is 446 g/mol. The van der Waals surface area contributed by atoms with Crippen LogP contribution in [0.15, 0.2) is 72.3 Å². The van der Waals surface area contributed by atoms with Crippen molar-refractivity contribution in [2.45, 2.75) is 19.4 Å². The van der Waals surface area contributed by atoms with E-state index in [1.807, 2.05) is 31.2 Å². The van der Waals surface area contributed by atoms with Gasteiger partial charge in [0.2, 0.25) is 0 Å². The summed E-state index contributed by atoms with van der Waals surface area (Å²) in [6.45, 7) is 2.05. The van der Waals surface area contributed by atoms with Crippen molar-refractivity contribution in [2.75, 3.05) is 26.2 Å². The number of ether oxygens (including phenoxy) is 3. The number of Topliss-reactive ketones (excluding diaryl/α,β-unsaturated/α-hetero) is 1. The molecule has 1 N–H and O–H groups in total. The SMILES string of the molecule is CCc1ccc(C2/C(=C(\O)c3ccccc3OC)C(=O)C(=O)N2c2cc(OC)cc(OC)c2)cc1. The van der Waals surface area contributed by atoms with Gasteiger partial charge < -0.3 is 19.3 Å². The number of aliphatic hydroxyl groups excluding tert-OH is 1. The first kappa shape index (κ1) is 23.9. The number of nitrogens with zero attached hydrogens (tertiary/aromatic N) is 1. The predicted octanol–water partition coefficient (Wildman–Crippen LogP) is 4.90. The molecule has 0 aromatic heterocycles. The van der Waals surface area contributed by atoms with Crippen LogP contribution in [0.4, 0.5) is 5.69 Å². The summed E-state index contributed by atoms with van der Waals surface area (Å²) >= 11 is 0. The second-order valence-corrected chi connectivity index (χ2v) is 8.04. The van der Waals surface area contributed by atoms with Crippen LogP contribution in [0.2, 0.25) is 0 Å². The molecule has 7 heteroatoms. The lowest BCUT2D eigenvalue weighted by Crippen LogP contribution is -2.29. The van der Waals surface area contributed by atoms with Crippen molar-refractivity contribution in [3.8, 4) is 17.2 Å². The van der Waals surface area contributed by atoms with E-state index in [2.05, 4.69) is 0 Å². The normalized spacial score (nSPS) is 16.9. The van der Waals surface area contributed by atoms with Gasteiger partial charge in [-0.15, -0.1) is 0 Å². The number of benzene rings is 3. The molecule has 1 aliphatic heterocycles. The summed E-state index contributed by atoms with van der Waals surface area (Å²) < 4.78 is 16.2. The van der Waals surface area contributed by atoms with Crippen LogP contribution in [-0.2, 0) is 16.0 Å². The van der Waals surface area contributed by atoms with Crippen LogP contribution in [0.3, 0.4) is 0 Å². The number of para-hydroxylation sites is 1. The molecule has 1 atom stereocenters. The van der Waals surface area contributed by atoms with Gasteiger partial charge in [0, 0.05) is 18.2 Å². The molecular formula is C28H27NO6. The van der Waals surface area contributed by atoms with Gasteiger partial charge in [0.05, 0.1) is 44.2 Å². The van der Waals surface area contributed by atoms with E-state index >= 15 is 0 Å². The number of amides is 1. The van der Waals surface area contributed by atoms with E-state index in [0.717, 1.165) is 12.0 Å². The average molecular weight is 474 g/mol. The summed E-state index contributed by atoms with van der Waals surface area (Å²) in [7, 11) is 4.50. The van der Waals surface area contributed by atoms with E-state index in [1.165, 1.54) is 26.2 Å². The van der Waals surface area contributed by atoms with E-state index in [-0.39, 0.29) is 11.3 Å². The number of carbonyl (C=O) groups excluding carboxylic acids is 2. The second kappa shape index (κ2) is 9.93. The Hall–Kier alpha value is -4.26. The zero-order valence-corrected chi connectivity index (χ0v) is 20.1. The minimum absolute atomic E-state index is 0.0227. The summed E-state index contributed by atoms with van der Waals surface area (Å²) in [5.74, 6) is -0.541. The molecule has 1 saturated heterocycles. The molecule has 1 amide bonds. The van der Waals surface area contributed by atoms with Gasteiger partial charge in [0.15, 0.2) is 0 Å². The highest BCUT2D eigenvalue weighted by molar-refractivity contribution is 6.51. The van der Waals surface area contributed by atoms with E-state index < -0.39 is 17.7 Å². The number of ketones is 1. The monoisotopic (exact) mass is 473 g/mol. The third kappa shape index (κ3) is 4.33. The van der Waals surface area contributed by atoms with Crippen LogP contribution < -0.4 is 19.1 Å². The minimum atomic E-state index is -0.873. The molecule has 0 radical (unpaired) electrons. The van der Waals surface area contributed by atoms with Crippen molar-refractivity contribution in [3.63, 3.8) is 0 Å². The van der Waals surface area contributed by atoms with Crippen LogP contribution in [0.1, 0.15) is 29.7 Å². The Morgan fingerprint density at radius 3 is 2.09 bits per heavy atom. The smallest absolute Gasteiger partial charge is 0.300 e. The van der Waals surface area contributed by atoms with Gasteiger partial charge in [-0.25, -0.2) is 0 Å². The van der Waals surface area contributed by atoms with Gasteiger partial charge in [0.25, 0.3) is 11.7 Å². The highest BCUT2D eigenvalue weighted by atomic mass is 16.5. The van der Waals surface area contributed by atoms with Crippen molar-refractivity contribution in [3.05, 3.63) is 89.0 Å². The number of aliphatic hydroxyl groups is 1. The van der Waals surface area contributed by atoms with Crippen molar-refractivity contribution < 1.29 is 28.9 Å². The molecule has 35 heavy (non-hydrogen) atoms. The van der Waals surface area contributed by atoms with Crippen molar-refractivity contribution in [1.29, 1.82) is 0 Å². The van der Waals surface area contributed by atoms with Gasteiger partial charge in [-0.2, -0.15) is 0 Å². The molecule has 1 unspecified atom stereocenters. The highest BCUT2D eigenvalue weighted by Gasteiger charge is 2.47. The molecule has 0 spiro atoms. The van der Waals surface area contributed by atoms with Crippen LogP contribution in [-0.4, -0.2) is 38.1 Å². The summed E-state index contributed by atoms with van der Waals surface area (Å²) in [4.78, 5) is 28.2. The van der Waals surface area contributed by atoms with Gasteiger partial charge in [-0.1, -0.05) is 43.3 Å². The third-order valence-corrected chi connectivity index (χ3v) is 6.12. The lowest BCUT2D eigenvalue weighted by molar-refractivity contribution is -0.132. The molecule has 0 bridgehead atoms. The number of methoxy groups -OCH3 is 3. The summed E-state index contributed by atoms with van der Waals surface area (Å²) in [6.07, 6.45) is 0.842. The van der Waals surface area contributed by atoms with Crippen molar-refractivity contribution >= 4 is 23.1 Å². The summed E-state index contributed by atoms with van der Waals surface area (Å²) in [6, 6.07) is 18.6. The van der Waals surface area contributed by atoms with E-state index in [4.69, 9.17) is 14.2 Å². The molecule has 0 aliphatic carbocycles. The van der Waals surface area contributed by atoms with Crippen LogP contribution in [0.25, 0.3) is 5.76 Å². The lowest BCUT2D eigenvalue weighted by Gasteiger charge is -2.26. The zero-order chi connectivity index (χ0) is 25.1. The fourth-order valence-corrected chi connectivity index (χ4v) is 4.27. The number of hydrogen-bond donors (Lipinski definition) is 1. The maximum Gasteiger partial charge on any atom is 0.300 e. The van der Waals surface area contributed by atoms with Crippen LogP contribution in [0, 0.1) is 0 Å². The van der Waals surface area contributed by atoms with E-state index in [0.29, 0.717) is 34.1 Å². The zero-order valence-electron chi connectivity index (χ0n) is 20.1. The highest BCUT2D eigenvalue weighted by Crippen LogP contribution is 2.44. The number of aryl methyl sites for hydroxylation is 1. The molecule has 180 valence electrons. The fraction of sp³-hybridized carbons (Fsp3) is 0.214. The maximum atomic E-state index is 13.4. The largest absolute Gasteiger partial charge is 0.507 e. The average Bonchev–Trinajstić information content (AvgIpc) is 3.17. The molecule has 3 aromatic carbocycles. The predicted molar refractivity (Wildman–Crippen MR) is 133 cm³/mol. The van der Waals surface area contributed by atoms with Gasteiger partial charge in [-0.05, 0) is 29.7 Å². The Bertz CT molecular complexity index is 1270. The summed E-state index contributed by atoms with van der Waals surface area (Å²) in [5, 5.41) is 11.4. The molecule has 1 aliphatic rings. The third-order valence-electron chi connectivity index (χ3n) is 6.12. The number of anilines is 1. The fourth-order valence-electron chi connectivity index (χ4n) is 4.27. The van der Waals surface area contributed by atoms with Gasteiger partial charge in [0.1, 0.15) is 23.0 Å². The molecule has 7 nitrogen and oxygen atoms in total. The molecule has 3 aromatic rings. The topological polar surface area (TPSA) is 85.3 Å². The van der Waals surface area contributed by atoms with Crippen LogP contribution >= 0.6 is 0 Å². The van der Waals surface area contributed by atoms with E-state index in [1.54, 1.807) is 42.5 Å².